The fraction of sp³-hybridized carbons (Fsp3) is 0.444. The van der Waals surface area contributed by atoms with Gasteiger partial charge in [0.15, 0.2) is 0 Å². The van der Waals surface area contributed by atoms with Crippen molar-refractivity contribution in [1.82, 2.24) is 14.9 Å². The number of piperazine rings is 1. The van der Waals surface area contributed by atoms with Crippen LogP contribution in [-0.4, -0.2) is 52.2 Å². The van der Waals surface area contributed by atoms with E-state index in [2.05, 4.69) is 14.9 Å². The summed E-state index contributed by atoms with van der Waals surface area (Å²) in [6, 6.07) is 1.83. The Balaban J connectivity index is 0.00000128. The standard InChI is InChI=1S/C9H12N4O2.ClH/c14-9(15)13-5-3-12(4-6-13)8-1-2-10-7-11-8;/h1-2,7H,3-6H2,(H,14,15);1H. The number of hydrogen-bond acceptors (Lipinski definition) is 4. The Morgan fingerprint density at radius 1 is 1.31 bits per heavy atom. The second-order valence-electron chi connectivity index (χ2n) is 3.32. The molecule has 0 radical (unpaired) electrons. The number of amides is 1. The van der Waals surface area contributed by atoms with Crippen molar-refractivity contribution in [1.29, 1.82) is 0 Å². The van der Waals surface area contributed by atoms with E-state index in [9.17, 15) is 4.79 Å². The zero-order chi connectivity index (χ0) is 10.7. The highest BCUT2D eigenvalue weighted by atomic mass is 35.5. The van der Waals surface area contributed by atoms with Crippen molar-refractivity contribution in [3.8, 4) is 0 Å². The lowest BCUT2D eigenvalue weighted by Gasteiger charge is -2.33. The number of halogens is 1. The van der Waals surface area contributed by atoms with E-state index in [1.54, 1.807) is 6.20 Å². The maximum atomic E-state index is 10.7. The Morgan fingerprint density at radius 3 is 2.50 bits per heavy atom. The average Bonchev–Trinajstić information content (AvgIpc) is 2.30. The summed E-state index contributed by atoms with van der Waals surface area (Å²) >= 11 is 0. The Hall–Kier alpha value is -1.56. The minimum atomic E-state index is -0.850. The number of rotatable bonds is 1. The summed E-state index contributed by atoms with van der Waals surface area (Å²) in [6.45, 7) is 2.42. The topological polar surface area (TPSA) is 69.6 Å². The van der Waals surface area contributed by atoms with Crippen molar-refractivity contribution in [3.63, 3.8) is 0 Å². The van der Waals surface area contributed by atoms with Gasteiger partial charge in [0, 0.05) is 32.4 Å². The summed E-state index contributed by atoms with van der Waals surface area (Å²) in [5.41, 5.74) is 0. The molecule has 2 heterocycles. The lowest BCUT2D eigenvalue weighted by atomic mass is 10.3. The lowest BCUT2D eigenvalue weighted by molar-refractivity contribution is 0.142. The smallest absolute Gasteiger partial charge is 0.407 e. The molecule has 1 aliphatic heterocycles. The molecule has 7 heteroatoms. The number of carboxylic acid groups (broad SMARTS) is 1. The van der Waals surface area contributed by atoms with Gasteiger partial charge in [-0.1, -0.05) is 0 Å². The maximum Gasteiger partial charge on any atom is 0.407 e. The molecule has 0 unspecified atom stereocenters. The predicted molar refractivity (Wildman–Crippen MR) is 61.1 cm³/mol. The molecule has 1 amide bonds. The second-order valence-corrected chi connectivity index (χ2v) is 3.32. The minimum absolute atomic E-state index is 0. The van der Waals surface area contributed by atoms with Gasteiger partial charge in [-0.25, -0.2) is 14.8 Å². The summed E-state index contributed by atoms with van der Waals surface area (Å²) in [7, 11) is 0. The van der Waals surface area contributed by atoms with Gasteiger partial charge in [-0.3, -0.25) is 0 Å². The SMILES string of the molecule is Cl.O=C(O)N1CCN(c2ccncn2)CC1. The van der Waals surface area contributed by atoms with E-state index in [1.807, 2.05) is 6.07 Å². The third-order valence-corrected chi connectivity index (χ3v) is 2.44. The van der Waals surface area contributed by atoms with E-state index in [1.165, 1.54) is 11.2 Å². The molecule has 2 rings (SSSR count). The Bertz CT molecular complexity index is 341. The number of nitrogens with zero attached hydrogens (tertiary/aromatic N) is 4. The first-order valence-corrected chi connectivity index (χ1v) is 4.76. The van der Waals surface area contributed by atoms with Crippen LogP contribution in [0, 0.1) is 0 Å². The van der Waals surface area contributed by atoms with Crippen LogP contribution in [0.2, 0.25) is 0 Å². The molecule has 0 saturated carbocycles. The summed E-state index contributed by atoms with van der Waals surface area (Å²) in [4.78, 5) is 22.1. The monoisotopic (exact) mass is 244 g/mol. The van der Waals surface area contributed by atoms with Crippen LogP contribution in [-0.2, 0) is 0 Å². The van der Waals surface area contributed by atoms with Gasteiger partial charge in [0.05, 0.1) is 0 Å². The molecule has 0 aliphatic carbocycles. The van der Waals surface area contributed by atoms with Gasteiger partial charge in [-0.15, -0.1) is 12.4 Å². The first-order valence-electron chi connectivity index (χ1n) is 4.76. The molecule has 1 saturated heterocycles. The molecule has 0 aromatic carbocycles. The van der Waals surface area contributed by atoms with E-state index in [0.29, 0.717) is 26.2 Å². The average molecular weight is 245 g/mol. The molecule has 1 aromatic heterocycles. The molecular formula is C9H13ClN4O2. The molecule has 6 nitrogen and oxygen atoms in total. The van der Waals surface area contributed by atoms with Crippen LogP contribution in [0.25, 0.3) is 0 Å². The van der Waals surface area contributed by atoms with Gasteiger partial charge in [0.25, 0.3) is 0 Å². The molecule has 16 heavy (non-hydrogen) atoms. The van der Waals surface area contributed by atoms with Crippen molar-refractivity contribution >= 4 is 24.3 Å². The first-order chi connectivity index (χ1) is 7.27. The summed E-state index contributed by atoms with van der Waals surface area (Å²) in [6.07, 6.45) is 2.34. The molecule has 0 spiro atoms. The molecule has 0 atom stereocenters. The number of aromatic nitrogens is 2. The molecule has 1 aromatic rings. The van der Waals surface area contributed by atoms with Crippen LogP contribution in [0.15, 0.2) is 18.6 Å². The molecule has 1 N–H and O–H groups in total. The largest absolute Gasteiger partial charge is 0.465 e. The maximum absolute atomic E-state index is 10.7. The normalized spacial score (nSPS) is 15.5. The highest BCUT2D eigenvalue weighted by Gasteiger charge is 2.20. The van der Waals surface area contributed by atoms with Crippen molar-refractivity contribution < 1.29 is 9.90 Å². The lowest BCUT2D eigenvalue weighted by Crippen LogP contribution is -2.48. The van der Waals surface area contributed by atoms with E-state index in [0.717, 1.165) is 5.82 Å². The highest BCUT2D eigenvalue weighted by Crippen LogP contribution is 2.11. The van der Waals surface area contributed by atoms with Crippen LogP contribution in [0.3, 0.4) is 0 Å². The van der Waals surface area contributed by atoms with E-state index < -0.39 is 6.09 Å². The fourth-order valence-corrected chi connectivity index (χ4v) is 1.60. The Morgan fingerprint density at radius 2 is 2.00 bits per heavy atom. The van der Waals surface area contributed by atoms with E-state index in [-0.39, 0.29) is 12.4 Å². The minimum Gasteiger partial charge on any atom is -0.465 e. The summed E-state index contributed by atoms with van der Waals surface area (Å²) in [5.74, 6) is 0.857. The van der Waals surface area contributed by atoms with Gasteiger partial charge in [-0.2, -0.15) is 0 Å². The van der Waals surface area contributed by atoms with Crippen LogP contribution in [0.4, 0.5) is 10.6 Å². The molecule has 1 fully saturated rings. The zero-order valence-corrected chi connectivity index (χ0v) is 9.43. The van der Waals surface area contributed by atoms with Crippen LogP contribution >= 0.6 is 12.4 Å². The number of hydrogen-bond donors (Lipinski definition) is 1. The third-order valence-electron chi connectivity index (χ3n) is 2.44. The summed E-state index contributed by atoms with van der Waals surface area (Å²) < 4.78 is 0. The molecule has 1 aliphatic rings. The van der Waals surface area contributed by atoms with Crippen LogP contribution in [0.5, 0.6) is 0 Å². The van der Waals surface area contributed by atoms with Gasteiger partial charge in [-0.05, 0) is 6.07 Å². The second kappa shape index (κ2) is 5.50. The van der Waals surface area contributed by atoms with Gasteiger partial charge < -0.3 is 14.9 Å². The van der Waals surface area contributed by atoms with Crippen molar-refractivity contribution in [3.05, 3.63) is 18.6 Å². The van der Waals surface area contributed by atoms with Crippen LogP contribution < -0.4 is 4.90 Å². The fourth-order valence-electron chi connectivity index (χ4n) is 1.60. The molecular weight excluding hydrogens is 232 g/mol. The first kappa shape index (κ1) is 12.5. The Kier molecular flexibility index (Phi) is 4.30. The zero-order valence-electron chi connectivity index (χ0n) is 8.61. The highest BCUT2D eigenvalue weighted by molar-refractivity contribution is 5.85. The Labute approximate surface area is 99.3 Å². The van der Waals surface area contributed by atoms with Gasteiger partial charge in [0.1, 0.15) is 12.1 Å². The molecule has 0 bridgehead atoms. The number of anilines is 1. The quantitative estimate of drug-likeness (QED) is 0.788. The van der Waals surface area contributed by atoms with Gasteiger partial charge >= 0.3 is 6.09 Å². The van der Waals surface area contributed by atoms with E-state index >= 15 is 0 Å². The molecule has 88 valence electrons. The van der Waals surface area contributed by atoms with Crippen molar-refractivity contribution in [2.24, 2.45) is 0 Å². The van der Waals surface area contributed by atoms with Gasteiger partial charge in [0.2, 0.25) is 0 Å². The van der Waals surface area contributed by atoms with Crippen molar-refractivity contribution in [2.45, 2.75) is 0 Å². The summed E-state index contributed by atoms with van der Waals surface area (Å²) in [5, 5.41) is 8.78. The predicted octanol–water partition coefficient (Wildman–Crippen LogP) is 0.698. The number of carbonyl (C=O) groups is 1. The van der Waals surface area contributed by atoms with Crippen molar-refractivity contribution in [2.75, 3.05) is 31.1 Å². The van der Waals surface area contributed by atoms with Crippen LogP contribution in [0.1, 0.15) is 0 Å². The van der Waals surface area contributed by atoms with E-state index in [4.69, 9.17) is 5.11 Å². The third kappa shape index (κ3) is 2.73.